The highest BCUT2D eigenvalue weighted by molar-refractivity contribution is 6.24. The molecule has 3 nitrogen and oxygen atoms in total. The zero-order valence-corrected chi connectivity index (χ0v) is 34.3. The van der Waals surface area contributed by atoms with Gasteiger partial charge in [-0.3, -0.25) is 0 Å². The number of benzene rings is 10. The van der Waals surface area contributed by atoms with Gasteiger partial charge in [0.1, 0.15) is 22.3 Å². The van der Waals surface area contributed by atoms with E-state index in [-0.39, 0.29) is 5.41 Å². The molecule has 0 saturated heterocycles. The molecule has 0 fully saturated rings. The molecule has 0 atom stereocenters. The van der Waals surface area contributed by atoms with E-state index < -0.39 is 0 Å². The van der Waals surface area contributed by atoms with Crippen LogP contribution in [0.15, 0.2) is 209 Å². The third-order valence-corrected chi connectivity index (χ3v) is 13.5. The quantitative estimate of drug-likeness (QED) is 0.174. The maximum absolute atomic E-state index is 6.97. The van der Waals surface area contributed by atoms with E-state index in [1.807, 2.05) is 6.07 Å². The zero-order chi connectivity index (χ0) is 41.1. The van der Waals surface area contributed by atoms with Crippen molar-refractivity contribution in [1.82, 2.24) is 0 Å². The molecular weight excluding hydrogens is 755 g/mol. The monoisotopic (exact) mass is 793 g/mol. The summed E-state index contributed by atoms with van der Waals surface area (Å²) in [5.41, 5.74) is 16.7. The molecule has 3 heteroatoms. The fourth-order valence-corrected chi connectivity index (χ4v) is 10.6. The Morgan fingerprint density at radius 3 is 1.69 bits per heavy atom. The van der Waals surface area contributed by atoms with Gasteiger partial charge in [-0.2, -0.15) is 0 Å². The molecule has 0 amide bonds. The first-order valence-electron chi connectivity index (χ1n) is 21.4. The Hall–Kier alpha value is -7.88. The smallest absolute Gasteiger partial charge is 0.143 e. The molecule has 0 N–H and O–H groups in total. The van der Waals surface area contributed by atoms with Crippen molar-refractivity contribution in [2.75, 3.05) is 4.90 Å². The summed E-state index contributed by atoms with van der Waals surface area (Å²) in [5.74, 6) is 0. The molecule has 0 aliphatic heterocycles. The highest BCUT2D eigenvalue weighted by Crippen LogP contribution is 2.52. The number of rotatable bonds is 5. The van der Waals surface area contributed by atoms with Crippen LogP contribution in [0.2, 0.25) is 0 Å². The summed E-state index contributed by atoms with van der Waals surface area (Å²) in [7, 11) is 0. The molecule has 0 unspecified atom stereocenters. The molecule has 1 aliphatic rings. The van der Waals surface area contributed by atoms with Crippen molar-refractivity contribution in [3.05, 3.63) is 211 Å². The Kier molecular flexibility index (Phi) is 7.36. The fraction of sp³-hybridized carbons (Fsp3) is 0.0508. The van der Waals surface area contributed by atoms with Crippen molar-refractivity contribution in [3.63, 3.8) is 0 Å². The minimum Gasteiger partial charge on any atom is -0.456 e. The van der Waals surface area contributed by atoms with E-state index in [1.54, 1.807) is 0 Å². The Morgan fingerprint density at radius 2 is 0.903 bits per heavy atom. The lowest BCUT2D eigenvalue weighted by Gasteiger charge is -2.28. The third kappa shape index (κ3) is 4.94. The number of furan rings is 2. The van der Waals surface area contributed by atoms with Crippen LogP contribution in [0, 0.1) is 0 Å². The number of anilines is 3. The van der Waals surface area contributed by atoms with Gasteiger partial charge < -0.3 is 13.7 Å². The second-order valence-electron chi connectivity index (χ2n) is 17.2. The molecule has 10 aromatic carbocycles. The highest BCUT2D eigenvalue weighted by atomic mass is 16.3. The van der Waals surface area contributed by atoms with Crippen molar-refractivity contribution in [3.8, 4) is 33.4 Å². The van der Waals surface area contributed by atoms with Crippen LogP contribution in [0.4, 0.5) is 17.1 Å². The van der Waals surface area contributed by atoms with E-state index in [1.165, 1.54) is 55.3 Å². The summed E-state index contributed by atoms with van der Waals surface area (Å²) in [4.78, 5) is 2.41. The van der Waals surface area contributed by atoms with Gasteiger partial charge in [-0.15, -0.1) is 0 Å². The predicted octanol–water partition coefficient (Wildman–Crippen LogP) is 16.9. The largest absolute Gasteiger partial charge is 0.456 e. The van der Waals surface area contributed by atoms with Gasteiger partial charge in [0.25, 0.3) is 0 Å². The number of nitrogens with zero attached hydrogens (tertiary/aromatic N) is 1. The second-order valence-corrected chi connectivity index (χ2v) is 17.2. The summed E-state index contributed by atoms with van der Waals surface area (Å²) in [6, 6.07) is 72.4. The zero-order valence-electron chi connectivity index (χ0n) is 34.3. The number of para-hydroxylation sites is 2. The maximum Gasteiger partial charge on any atom is 0.143 e. The van der Waals surface area contributed by atoms with E-state index in [9.17, 15) is 0 Å². The van der Waals surface area contributed by atoms with E-state index in [2.05, 4.69) is 213 Å². The standard InChI is InChI=1S/C59H39NO2/c1-59(2)50-25-12-10-21-43(50)44-31-30-37(34-51(44)59)60(36-16-4-3-5-17-36)52-26-15-29-55-57(52)49-35-48(40-20-8-9-22-46(40)58(49)62-55)42-33-32-41(38-18-6-7-19-39(38)42)45-24-14-28-54-56(45)47-23-11-13-27-53(47)61-54/h3-35H,1-2H3. The summed E-state index contributed by atoms with van der Waals surface area (Å²) in [5, 5.41) is 9.08. The molecule has 2 aromatic heterocycles. The predicted molar refractivity (Wildman–Crippen MR) is 259 cm³/mol. The lowest BCUT2D eigenvalue weighted by Crippen LogP contribution is -2.16. The fourth-order valence-electron chi connectivity index (χ4n) is 10.6. The van der Waals surface area contributed by atoms with Crippen LogP contribution in [-0.4, -0.2) is 0 Å². The van der Waals surface area contributed by atoms with Crippen molar-refractivity contribution in [2.24, 2.45) is 0 Å². The molecule has 1 aliphatic carbocycles. The molecule has 0 bridgehead atoms. The molecule has 292 valence electrons. The molecular formula is C59H39NO2. The van der Waals surface area contributed by atoms with Gasteiger partial charge in [0.2, 0.25) is 0 Å². The second kappa shape index (κ2) is 13.1. The third-order valence-electron chi connectivity index (χ3n) is 13.5. The van der Waals surface area contributed by atoms with Gasteiger partial charge in [0, 0.05) is 38.3 Å². The molecule has 2 heterocycles. The van der Waals surface area contributed by atoms with Gasteiger partial charge >= 0.3 is 0 Å². The van der Waals surface area contributed by atoms with Crippen LogP contribution >= 0.6 is 0 Å². The topological polar surface area (TPSA) is 29.5 Å². The molecule has 13 rings (SSSR count). The van der Waals surface area contributed by atoms with E-state index >= 15 is 0 Å². The van der Waals surface area contributed by atoms with Crippen molar-refractivity contribution >= 4 is 82.5 Å². The first kappa shape index (κ1) is 34.9. The van der Waals surface area contributed by atoms with Crippen LogP contribution in [0.1, 0.15) is 25.0 Å². The van der Waals surface area contributed by atoms with Crippen LogP contribution < -0.4 is 4.90 Å². The van der Waals surface area contributed by atoms with E-state index in [0.717, 1.165) is 71.7 Å². The minimum absolute atomic E-state index is 0.135. The Labute approximate surface area is 358 Å². The highest BCUT2D eigenvalue weighted by Gasteiger charge is 2.36. The normalized spacial score (nSPS) is 13.1. The lowest BCUT2D eigenvalue weighted by atomic mass is 9.82. The number of hydrogen-bond acceptors (Lipinski definition) is 3. The molecule has 0 spiro atoms. The van der Waals surface area contributed by atoms with Crippen molar-refractivity contribution in [2.45, 2.75) is 19.3 Å². The molecule has 12 aromatic rings. The van der Waals surface area contributed by atoms with Crippen molar-refractivity contribution < 1.29 is 8.83 Å². The van der Waals surface area contributed by atoms with Crippen LogP contribution in [0.5, 0.6) is 0 Å². The molecule has 0 saturated carbocycles. The van der Waals surface area contributed by atoms with E-state index in [0.29, 0.717) is 0 Å². The molecule has 62 heavy (non-hydrogen) atoms. The SMILES string of the molecule is CC1(C)c2ccccc2-c2ccc(N(c3ccccc3)c3cccc4oc5c6ccccc6c(-c6ccc(-c7cccc8oc9ccccc9c78)c7ccccc67)cc5c34)cc21. The Morgan fingerprint density at radius 1 is 0.339 bits per heavy atom. The first-order valence-corrected chi connectivity index (χ1v) is 21.4. The number of hydrogen-bond donors (Lipinski definition) is 0. The maximum atomic E-state index is 6.97. The van der Waals surface area contributed by atoms with Gasteiger partial charge in [0.05, 0.1) is 11.1 Å². The summed E-state index contributed by atoms with van der Waals surface area (Å²) in [6.45, 7) is 4.70. The lowest BCUT2D eigenvalue weighted by molar-refractivity contribution is 0.660. The summed E-state index contributed by atoms with van der Waals surface area (Å²) >= 11 is 0. The molecule has 0 radical (unpaired) electrons. The average molecular weight is 794 g/mol. The van der Waals surface area contributed by atoms with Gasteiger partial charge in [-0.25, -0.2) is 0 Å². The minimum atomic E-state index is -0.135. The number of fused-ring (bicyclic) bond motifs is 12. The Bertz CT molecular complexity index is 3790. The van der Waals surface area contributed by atoms with Gasteiger partial charge in [-0.05, 0) is 115 Å². The van der Waals surface area contributed by atoms with Crippen LogP contribution in [-0.2, 0) is 5.41 Å². The average Bonchev–Trinajstić information content (AvgIpc) is 3.97. The van der Waals surface area contributed by atoms with Gasteiger partial charge in [0.15, 0.2) is 0 Å². The van der Waals surface area contributed by atoms with Crippen LogP contribution in [0.3, 0.4) is 0 Å². The van der Waals surface area contributed by atoms with Crippen LogP contribution in [0.25, 0.3) is 98.8 Å². The van der Waals surface area contributed by atoms with Crippen molar-refractivity contribution in [1.29, 1.82) is 0 Å². The van der Waals surface area contributed by atoms with E-state index in [4.69, 9.17) is 8.83 Å². The summed E-state index contributed by atoms with van der Waals surface area (Å²) in [6.07, 6.45) is 0. The first-order chi connectivity index (χ1) is 30.5. The summed E-state index contributed by atoms with van der Waals surface area (Å²) < 4.78 is 13.3. The Balaban J connectivity index is 1.05. The van der Waals surface area contributed by atoms with Gasteiger partial charge in [-0.1, -0.05) is 159 Å².